The quantitative estimate of drug-likeness (QED) is 0.750. The molecule has 2 nitrogen and oxygen atoms in total. The van der Waals surface area contributed by atoms with Gasteiger partial charge in [-0.05, 0) is 30.5 Å². The number of aryl methyl sites for hydroxylation is 2. The van der Waals surface area contributed by atoms with Crippen LogP contribution in [0.4, 0.5) is 0 Å². The molecule has 0 heterocycles. The van der Waals surface area contributed by atoms with Crippen LogP contribution in [0, 0.1) is 0 Å². The number of carbonyl (C=O) groups is 1. The Morgan fingerprint density at radius 3 is 2.13 bits per heavy atom. The van der Waals surface area contributed by atoms with Crippen LogP contribution >= 0.6 is 0 Å². The molecule has 0 saturated heterocycles. The van der Waals surface area contributed by atoms with E-state index in [0.717, 1.165) is 29.5 Å². The van der Waals surface area contributed by atoms with Crippen molar-refractivity contribution in [2.24, 2.45) is 5.73 Å². The van der Waals surface area contributed by atoms with Crippen molar-refractivity contribution in [3.05, 3.63) is 34.9 Å². The Bertz CT molecular complexity index is 322. The molecule has 0 amide bonds. The molecule has 0 radical (unpaired) electrons. The van der Waals surface area contributed by atoms with E-state index in [-0.39, 0.29) is 5.78 Å². The van der Waals surface area contributed by atoms with Crippen LogP contribution < -0.4 is 5.73 Å². The minimum Gasteiger partial charge on any atom is -0.330 e. The second kappa shape index (κ2) is 5.66. The van der Waals surface area contributed by atoms with Gasteiger partial charge in [0.05, 0.1) is 0 Å². The lowest BCUT2D eigenvalue weighted by molar-refractivity contribution is 0.0983. The zero-order valence-corrected chi connectivity index (χ0v) is 9.55. The normalized spacial score (nSPS) is 10.3. The second-order valence-electron chi connectivity index (χ2n) is 3.62. The van der Waals surface area contributed by atoms with Gasteiger partial charge in [-0.1, -0.05) is 32.0 Å². The molecule has 1 aromatic carbocycles. The minimum absolute atomic E-state index is 0.187. The Morgan fingerprint density at radius 1 is 1.20 bits per heavy atom. The Balaban J connectivity index is 3.15. The van der Waals surface area contributed by atoms with E-state index < -0.39 is 0 Å². The third-order valence-electron chi connectivity index (χ3n) is 2.65. The van der Waals surface area contributed by atoms with E-state index >= 15 is 0 Å². The summed E-state index contributed by atoms with van der Waals surface area (Å²) in [7, 11) is 0. The maximum Gasteiger partial charge on any atom is 0.164 e. The molecule has 0 bridgehead atoms. The molecule has 0 aliphatic rings. The van der Waals surface area contributed by atoms with Crippen LogP contribution in [-0.2, 0) is 12.8 Å². The van der Waals surface area contributed by atoms with Crippen molar-refractivity contribution < 1.29 is 4.79 Å². The van der Waals surface area contributed by atoms with E-state index in [1.54, 1.807) is 0 Å². The standard InChI is InChI=1S/C13H19NO/c1-3-10-6-5-7-11(4-2)13(10)12(15)8-9-14/h5-7H,3-4,8-9,14H2,1-2H3. The summed E-state index contributed by atoms with van der Waals surface area (Å²) in [5.74, 6) is 0.187. The van der Waals surface area contributed by atoms with E-state index in [4.69, 9.17) is 5.73 Å². The summed E-state index contributed by atoms with van der Waals surface area (Å²) >= 11 is 0. The van der Waals surface area contributed by atoms with Gasteiger partial charge >= 0.3 is 0 Å². The molecule has 0 fully saturated rings. The van der Waals surface area contributed by atoms with Crippen molar-refractivity contribution in [3.8, 4) is 0 Å². The van der Waals surface area contributed by atoms with E-state index in [1.165, 1.54) is 0 Å². The number of Topliss-reactive ketones (excluding diaryl/α,β-unsaturated/α-hetero) is 1. The molecule has 0 aromatic heterocycles. The molecule has 1 aromatic rings. The summed E-state index contributed by atoms with van der Waals surface area (Å²) in [6, 6.07) is 6.09. The van der Waals surface area contributed by atoms with Gasteiger partial charge in [0.25, 0.3) is 0 Å². The lowest BCUT2D eigenvalue weighted by atomic mass is 9.93. The summed E-state index contributed by atoms with van der Waals surface area (Å²) in [6.07, 6.45) is 2.25. The highest BCUT2D eigenvalue weighted by Gasteiger charge is 2.13. The number of benzene rings is 1. The highest BCUT2D eigenvalue weighted by molar-refractivity contribution is 5.99. The number of nitrogens with two attached hydrogens (primary N) is 1. The Labute approximate surface area is 91.5 Å². The molecule has 0 aliphatic carbocycles. The zero-order valence-electron chi connectivity index (χ0n) is 9.55. The van der Waals surface area contributed by atoms with Crippen LogP contribution in [0.5, 0.6) is 0 Å². The fourth-order valence-electron chi connectivity index (χ4n) is 1.86. The van der Waals surface area contributed by atoms with Crippen molar-refractivity contribution in [1.29, 1.82) is 0 Å². The fraction of sp³-hybridized carbons (Fsp3) is 0.462. The third-order valence-corrected chi connectivity index (χ3v) is 2.65. The molecule has 0 atom stereocenters. The first-order valence-corrected chi connectivity index (χ1v) is 5.58. The third kappa shape index (κ3) is 2.66. The number of ketones is 1. The Kier molecular flexibility index (Phi) is 4.50. The fourth-order valence-corrected chi connectivity index (χ4v) is 1.86. The van der Waals surface area contributed by atoms with Crippen molar-refractivity contribution in [2.75, 3.05) is 6.54 Å². The monoisotopic (exact) mass is 205 g/mol. The molecule has 82 valence electrons. The molecule has 2 N–H and O–H groups in total. The molecule has 15 heavy (non-hydrogen) atoms. The first-order valence-electron chi connectivity index (χ1n) is 5.58. The zero-order chi connectivity index (χ0) is 11.3. The molecule has 0 saturated carbocycles. The van der Waals surface area contributed by atoms with Gasteiger partial charge in [-0.15, -0.1) is 0 Å². The number of carbonyl (C=O) groups excluding carboxylic acids is 1. The van der Waals surface area contributed by atoms with Crippen molar-refractivity contribution >= 4 is 5.78 Å². The molecule has 0 unspecified atom stereocenters. The highest BCUT2D eigenvalue weighted by Crippen LogP contribution is 2.18. The summed E-state index contributed by atoms with van der Waals surface area (Å²) in [5.41, 5.74) is 8.63. The van der Waals surface area contributed by atoms with Crippen molar-refractivity contribution in [2.45, 2.75) is 33.1 Å². The molecular formula is C13H19NO. The van der Waals surface area contributed by atoms with Crippen LogP contribution in [0.2, 0.25) is 0 Å². The largest absolute Gasteiger partial charge is 0.330 e. The van der Waals surface area contributed by atoms with Gasteiger partial charge in [-0.25, -0.2) is 0 Å². The van der Waals surface area contributed by atoms with Gasteiger partial charge in [0, 0.05) is 12.0 Å². The van der Waals surface area contributed by atoms with Crippen LogP contribution in [-0.4, -0.2) is 12.3 Å². The Morgan fingerprint density at radius 2 is 1.73 bits per heavy atom. The van der Waals surface area contributed by atoms with Crippen LogP contribution in [0.25, 0.3) is 0 Å². The average Bonchev–Trinajstić information content (AvgIpc) is 2.28. The minimum atomic E-state index is 0.187. The molecule has 0 aliphatic heterocycles. The second-order valence-corrected chi connectivity index (χ2v) is 3.62. The van der Waals surface area contributed by atoms with Gasteiger partial charge in [0.1, 0.15) is 0 Å². The number of rotatable bonds is 5. The van der Waals surface area contributed by atoms with E-state index in [1.807, 2.05) is 18.2 Å². The summed E-state index contributed by atoms with van der Waals surface area (Å²) in [6.45, 7) is 4.59. The molecule has 2 heteroatoms. The van der Waals surface area contributed by atoms with Gasteiger partial charge < -0.3 is 5.73 Å². The lowest BCUT2D eigenvalue weighted by Gasteiger charge is -2.11. The molecule has 1 rings (SSSR count). The smallest absolute Gasteiger partial charge is 0.164 e. The maximum absolute atomic E-state index is 11.9. The SMILES string of the molecule is CCc1cccc(CC)c1C(=O)CCN. The first kappa shape index (κ1) is 11.9. The predicted octanol–water partition coefficient (Wildman–Crippen LogP) is 2.34. The average molecular weight is 205 g/mol. The Hall–Kier alpha value is -1.15. The van der Waals surface area contributed by atoms with Gasteiger partial charge in [0.2, 0.25) is 0 Å². The van der Waals surface area contributed by atoms with Crippen LogP contribution in [0.1, 0.15) is 41.8 Å². The predicted molar refractivity (Wildman–Crippen MR) is 63.2 cm³/mol. The number of hydrogen-bond acceptors (Lipinski definition) is 2. The molecule has 0 spiro atoms. The van der Waals surface area contributed by atoms with Crippen molar-refractivity contribution in [1.82, 2.24) is 0 Å². The van der Waals surface area contributed by atoms with Crippen LogP contribution in [0.15, 0.2) is 18.2 Å². The maximum atomic E-state index is 11.9. The lowest BCUT2D eigenvalue weighted by Crippen LogP contribution is -2.12. The van der Waals surface area contributed by atoms with Crippen LogP contribution in [0.3, 0.4) is 0 Å². The van der Waals surface area contributed by atoms with E-state index in [9.17, 15) is 4.79 Å². The summed E-state index contributed by atoms with van der Waals surface area (Å²) < 4.78 is 0. The topological polar surface area (TPSA) is 43.1 Å². The van der Waals surface area contributed by atoms with Gasteiger partial charge in [0.15, 0.2) is 5.78 Å². The first-order chi connectivity index (χ1) is 7.24. The van der Waals surface area contributed by atoms with Gasteiger partial charge in [-0.3, -0.25) is 4.79 Å². The molecular weight excluding hydrogens is 186 g/mol. The van der Waals surface area contributed by atoms with E-state index in [2.05, 4.69) is 13.8 Å². The highest BCUT2D eigenvalue weighted by atomic mass is 16.1. The summed E-state index contributed by atoms with van der Waals surface area (Å²) in [5, 5.41) is 0. The summed E-state index contributed by atoms with van der Waals surface area (Å²) in [4.78, 5) is 11.9. The van der Waals surface area contributed by atoms with E-state index in [0.29, 0.717) is 13.0 Å². The van der Waals surface area contributed by atoms with Gasteiger partial charge in [-0.2, -0.15) is 0 Å². The number of hydrogen-bond donors (Lipinski definition) is 1. The van der Waals surface area contributed by atoms with Crippen molar-refractivity contribution in [3.63, 3.8) is 0 Å².